The first-order chi connectivity index (χ1) is 27.6. The van der Waals surface area contributed by atoms with Crippen molar-refractivity contribution in [2.75, 3.05) is 51.2 Å². The van der Waals surface area contributed by atoms with Gasteiger partial charge in [-0.2, -0.15) is 0 Å². The number of likely N-dealkylation sites (N-methyl/N-ethyl adjacent to an activating group) is 1. The van der Waals surface area contributed by atoms with Crippen LogP contribution in [0.25, 0.3) is 10.2 Å². The number of nitrogens with one attached hydrogen (secondary N) is 1. The number of carbonyl (C=O) groups is 6. The molecule has 6 unspecified atom stereocenters. The molecular formula is C32H44N8O18S. The number of aliphatic carboxylic acids is 6. The summed E-state index contributed by atoms with van der Waals surface area (Å²) in [6.45, 7) is 7.62. The molecule has 0 spiro atoms. The second-order valence-electron chi connectivity index (χ2n) is 12.5. The van der Waals surface area contributed by atoms with E-state index in [0.29, 0.717) is 5.49 Å². The maximum absolute atomic E-state index is 9.77. The van der Waals surface area contributed by atoms with E-state index in [-0.39, 0.29) is 0 Å². The number of piperazine rings is 1. The van der Waals surface area contributed by atoms with E-state index in [2.05, 4.69) is 36.7 Å². The lowest BCUT2D eigenvalue weighted by atomic mass is 10.1. The number of fused-ring (bicyclic) bond motifs is 3. The smallest absolute Gasteiger partial charge is 0.335 e. The van der Waals surface area contributed by atoms with Gasteiger partial charge < -0.3 is 75.6 Å². The van der Waals surface area contributed by atoms with Gasteiger partial charge >= 0.3 is 35.8 Å². The van der Waals surface area contributed by atoms with E-state index >= 15 is 0 Å². The molecule has 0 aromatic carbocycles. The highest BCUT2D eigenvalue weighted by Gasteiger charge is 2.31. The number of carboxylic acid groups (broad SMARTS) is 6. The molecule has 6 atom stereocenters. The van der Waals surface area contributed by atoms with Crippen LogP contribution in [0, 0.1) is 5.41 Å². The van der Waals surface area contributed by atoms with Gasteiger partial charge in [-0.15, -0.1) is 11.3 Å². The summed E-state index contributed by atoms with van der Waals surface area (Å²) in [7, 11) is 2.16. The van der Waals surface area contributed by atoms with Crippen molar-refractivity contribution in [3.63, 3.8) is 0 Å². The molecule has 0 radical (unpaired) electrons. The van der Waals surface area contributed by atoms with E-state index in [0.717, 1.165) is 74.9 Å². The van der Waals surface area contributed by atoms with Crippen LogP contribution >= 0.6 is 11.3 Å². The second-order valence-corrected chi connectivity index (χ2v) is 13.6. The van der Waals surface area contributed by atoms with Gasteiger partial charge in [0.2, 0.25) is 5.95 Å². The van der Waals surface area contributed by atoms with Gasteiger partial charge in [-0.1, -0.05) is 0 Å². The molecule has 326 valence electrons. The Balaban J connectivity index is 0.000000330. The van der Waals surface area contributed by atoms with Crippen LogP contribution in [-0.2, 0) is 48.3 Å². The topological polar surface area (TPSA) is 422 Å². The zero-order valence-electron chi connectivity index (χ0n) is 31.0. The van der Waals surface area contributed by atoms with Crippen LogP contribution in [0.1, 0.15) is 10.4 Å². The average molecular weight is 861 g/mol. The maximum atomic E-state index is 9.77. The van der Waals surface area contributed by atoms with Gasteiger partial charge in [0.05, 0.1) is 11.7 Å². The molecule has 1 saturated heterocycles. The third-order valence-corrected chi connectivity index (χ3v) is 9.47. The van der Waals surface area contributed by atoms with Gasteiger partial charge in [-0.25, -0.2) is 43.7 Å². The first-order valence-electron chi connectivity index (χ1n) is 17.0. The lowest BCUT2D eigenvalue weighted by Crippen LogP contribution is -2.48. The number of anilines is 1. The fraction of sp³-hybridized carbons (Fsp3) is 0.500. The first-order valence-corrected chi connectivity index (χ1v) is 17.8. The highest BCUT2D eigenvalue weighted by Crippen LogP contribution is 2.31. The third-order valence-electron chi connectivity index (χ3n) is 8.35. The largest absolute Gasteiger partial charge is 0.479 e. The number of aliphatic hydroxyl groups is 6. The summed E-state index contributed by atoms with van der Waals surface area (Å²) in [5, 5.41) is 107. The summed E-state index contributed by atoms with van der Waals surface area (Å²) in [5.41, 5.74) is 1.97. The van der Waals surface area contributed by atoms with Crippen LogP contribution in [0.3, 0.4) is 0 Å². The molecule has 2 aliphatic heterocycles. The zero-order valence-corrected chi connectivity index (χ0v) is 31.8. The Bertz CT molecular complexity index is 1840. The van der Waals surface area contributed by atoms with Gasteiger partial charge in [0.1, 0.15) is 10.3 Å². The van der Waals surface area contributed by atoms with Crippen molar-refractivity contribution in [2.24, 2.45) is 0 Å². The molecule has 1 fully saturated rings. The monoisotopic (exact) mass is 860 g/mol. The molecule has 5 rings (SSSR count). The second kappa shape index (κ2) is 23.0. The van der Waals surface area contributed by atoms with Gasteiger partial charge in [0.15, 0.2) is 36.6 Å². The number of hydrogen-bond donors (Lipinski definition) is 13. The fourth-order valence-corrected chi connectivity index (χ4v) is 6.30. The Hall–Kier alpha value is -5.78. The normalized spacial score (nSPS) is 17.0. The molecule has 0 amide bonds. The van der Waals surface area contributed by atoms with Gasteiger partial charge in [-0.05, 0) is 25.1 Å². The average Bonchev–Trinajstić information content (AvgIpc) is 3.58. The Morgan fingerprint density at radius 2 is 1.08 bits per heavy atom. The van der Waals surface area contributed by atoms with E-state index in [1.54, 1.807) is 23.7 Å². The molecule has 27 heteroatoms. The van der Waals surface area contributed by atoms with Crippen LogP contribution in [0.5, 0.6) is 0 Å². The Labute approximate surface area is 335 Å². The molecule has 0 aliphatic carbocycles. The summed E-state index contributed by atoms with van der Waals surface area (Å²) in [5.74, 6) is -9.79. The Morgan fingerprint density at radius 3 is 1.49 bits per heavy atom. The summed E-state index contributed by atoms with van der Waals surface area (Å²) < 4.78 is 2.01. The number of rotatable bonds is 13. The highest BCUT2D eigenvalue weighted by atomic mass is 32.1. The lowest BCUT2D eigenvalue weighted by molar-refractivity contribution is -0.165. The third kappa shape index (κ3) is 14.5. The molecule has 59 heavy (non-hydrogen) atoms. The molecule has 5 heterocycles. The number of carboxylic acids is 6. The van der Waals surface area contributed by atoms with E-state index < -0.39 is 72.4 Å². The molecule has 0 bridgehead atoms. The van der Waals surface area contributed by atoms with Crippen molar-refractivity contribution in [1.82, 2.24) is 29.3 Å². The van der Waals surface area contributed by atoms with Crippen LogP contribution in [0.4, 0.5) is 5.95 Å². The number of nitrogens with zero attached hydrogens (tertiary/aromatic N) is 7. The molecular weight excluding hydrogens is 816 g/mol. The van der Waals surface area contributed by atoms with Crippen LogP contribution < -0.4 is 10.4 Å². The van der Waals surface area contributed by atoms with Crippen molar-refractivity contribution in [1.29, 1.82) is 5.41 Å². The molecule has 0 saturated carbocycles. The molecule has 3 aromatic rings. The van der Waals surface area contributed by atoms with Gasteiger partial charge in [-0.3, -0.25) is 10.3 Å². The van der Waals surface area contributed by atoms with Gasteiger partial charge in [0, 0.05) is 69.6 Å². The van der Waals surface area contributed by atoms with E-state index in [1.165, 1.54) is 10.4 Å². The summed E-state index contributed by atoms with van der Waals surface area (Å²) in [4.78, 5) is 81.5. The molecule has 26 nitrogen and oxygen atoms in total. The van der Waals surface area contributed by atoms with Gasteiger partial charge in [0.25, 0.3) is 0 Å². The summed E-state index contributed by atoms with van der Waals surface area (Å²) >= 11 is 1.76. The number of thiophene rings is 1. The highest BCUT2D eigenvalue weighted by molar-refractivity contribution is 7.18. The fourth-order valence-electron chi connectivity index (χ4n) is 5.03. The van der Waals surface area contributed by atoms with Crippen molar-refractivity contribution in [3.05, 3.63) is 40.7 Å². The number of aliphatic hydroxyl groups excluding tert-OH is 6. The van der Waals surface area contributed by atoms with Crippen LogP contribution in [0.2, 0.25) is 0 Å². The molecule has 2 aliphatic rings. The number of hydrogen-bond acceptors (Lipinski definition) is 20. The first kappa shape index (κ1) is 49.4. The van der Waals surface area contributed by atoms with E-state index in [4.69, 9.17) is 66.7 Å². The zero-order chi connectivity index (χ0) is 44.7. The van der Waals surface area contributed by atoms with E-state index in [1.807, 2.05) is 17.0 Å². The predicted molar refractivity (Wildman–Crippen MR) is 196 cm³/mol. The SMILES string of the molecule is CN1CCc2c(sc3ncn(CCN4CCN(c5ncccn5)CC4)c(=N)c23)C1.O=C(O)C(O)C(O)C(=O)O.O=C(O)C(O)C(O)C(=O)O.O=C(O)C(O)C(O)C(=O)O. The summed E-state index contributed by atoms with van der Waals surface area (Å²) in [6.07, 6.45) is -7.13. The van der Waals surface area contributed by atoms with Crippen molar-refractivity contribution in [3.8, 4) is 0 Å². The quantitative estimate of drug-likeness (QED) is 0.0764. The van der Waals surface area contributed by atoms with Crippen LogP contribution in [-0.4, -0.2) is 209 Å². The minimum Gasteiger partial charge on any atom is -0.479 e. The minimum atomic E-state index is -2.27. The Morgan fingerprint density at radius 1 is 0.661 bits per heavy atom. The summed E-state index contributed by atoms with van der Waals surface area (Å²) in [6, 6.07) is 1.85. The van der Waals surface area contributed by atoms with Crippen molar-refractivity contribution >= 4 is 63.3 Å². The molecule has 13 N–H and O–H groups in total. The predicted octanol–water partition coefficient (Wildman–Crippen LogP) is -5.19. The van der Waals surface area contributed by atoms with Crippen molar-refractivity contribution < 1.29 is 90.0 Å². The standard InChI is InChI=1S/C20H26N8S.3C4H6O6/c1-25-6-3-15-16(13-25)29-19-17(15)18(21)28(14-24-19)12-9-26-7-10-27(11-8-26)20-22-4-2-5-23-20;3*5-1(3(7)8)2(6)4(9)10/h2,4-5,14,21H,3,6-13H2,1H3;3*1-2,5-6H,(H,7,8)(H,9,10). The van der Waals surface area contributed by atoms with Crippen LogP contribution in [0.15, 0.2) is 24.8 Å². The van der Waals surface area contributed by atoms with Crippen molar-refractivity contribution in [2.45, 2.75) is 56.1 Å². The minimum absolute atomic E-state index is 0.619. The van der Waals surface area contributed by atoms with E-state index in [9.17, 15) is 28.8 Å². The lowest BCUT2D eigenvalue weighted by Gasteiger charge is -2.34. The Kier molecular flexibility index (Phi) is 19.2. The molecule has 3 aromatic heterocycles. The number of aromatic nitrogens is 4. The maximum Gasteiger partial charge on any atom is 0.335 e.